The van der Waals surface area contributed by atoms with Crippen LogP contribution < -0.4 is 33.0 Å². The van der Waals surface area contributed by atoms with Gasteiger partial charge in [0.1, 0.15) is 11.9 Å². The fourth-order valence-corrected chi connectivity index (χ4v) is 17.3. The number of benzene rings is 12. The van der Waals surface area contributed by atoms with Crippen molar-refractivity contribution in [1.82, 2.24) is 18.5 Å². The van der Waals surface area contributed by atoms with Gasteiger partial charge in [-0.3, -0.25) is 0 Å². The molecule has 598 valence electrons. The van der Waals surface area contributed by atoms with Crippen LogP contribution in [0.1, 0.15) is 172 Å². The van der Waals surface area contributed by atoms with Gasteiger partial charge in [0.25, 0.3) is 0 Å². The molecule has 17 N–H and O–H groups in total. The standard InChI is InChI=1S/C41H51NO.C19H16.C15H17N.2C13H12.C2H6.3H3N.4H2O/c1-26-12-17-29(18-13-26)42(30-19-14-27(2)15-20-30)31-21-23-34-33-22-16-28(24-37(33)41(3,4)38(34)25-31)32-9-7-10-36-35-8-5-6-11-39(35)43-40(32)36;1-15-10-12-17(13-11-15)19-9-5-8-18(14-19)16-6-3-2-4-7-16;1-12-4-8-14(9-5-12)16(3)15-10-6-13(2)7-11-15;2*1-11-6-5-9-13(10-11)12-7-3-2-4-8-12;1-2;;;;;;;/h5-6,8,11-13,16-18,22,24,27,30-32,34,36,38,40H,7,9-10,14-15,19-21,23,25H2,1-4H3;2-14H,1H3;4-11H,1-3H3;2*2-10H,1H3;1-2H3;3*1H3;4*1H2. The smallest absolute Gasteiger partial charge is 0.123 e. The Labute approximate surface area is 677 Å². The maximum Gasteiger partial charge on any atom is 0.123 e. The topological polar surface area (TPSA) is 247 Å². The summed E-state index contributed by atoms with van der Waals surface area (Å²) in [7, 11) is 2.09. The summed E-state index contributed by atoms with van der Waals surface area (Å²) in [5.74, 6) is 4.47. The van der Waals surface area contributed by atoms with Crippen molar-refractivity contribution in [3.63, 3.8) is 0 Å². The van der Waals surface area contributed by atoms with Gasteiger partial charge in [-0.2, -0.15) is 0 Å². The van der Waals surface area contributed by atoms with Crippen molar-refractivity contribution in [1.29, 1.82) is 0 Å². The van der Waals surface area contributed by atoms with E-state index in [1.807, 2.05) is 32.0 Å². The summed E-state index contributed by atoms with van der Waals surface area (Å²) in [6, 6.07) is 110. The Hall–Kier alpha value is -10.2. The highest BCUT2D eigenvalue weighted by Crippen LogP contribution is 2.59. The lowest BCUT2D eigenvalue weighted by Crippen LogP contribution is -2.49. The van der Waals surface area contributed by atoms with Crippen molar-refractivity contribution in [3.8, 4) is 50.3 Å². The second kappa shape index (κ2) is 44.3. The molecular formula is C103H131N5O5. The molecule has 10 nitrogen and oxygen atoms in total. The van der Waals surface area contributed by atoms with E-state index in [0.717, 1.165) is 11.7 Å². The summed E-state index contributed by atoms with van der Waals surface area (Å²) in [5.41, 5.74) is 28.4. The average molecular weight is 1520 g/mol. The maximum atomic E-state index is 6.69. The van der Waals surface area contributed by atoms with Crippen molar-refractivity contribution in [2.45, 2.75) is 182 Å². The van der Waals surface area contributed by atoms with Crippen molar-refractivity contribution >= 4 is 17.1 Å². The van der Waals surface area contributed by atoms with Gasteiger partial charge in [-0.1, -0.05) is 329 Å². The number of ether oxygens (including phenoxy) is 1. The minimum atomic E-state index is 0. The number of nitrogens with zero attached hydrogens (tertiary/aromatic N) is 2. The SMILES string of the molecule is CC.Cc1ccc(-c2cccc(-c3ccccc3)c2)cc1.Cc1ccc(N(C)c2ccc(C)cc2)cc1.Cc1ccc(N(C2CCC(C)CC2)C2CCC3c4ccc(C5CCCC6c7ccccc7OC56)cc4C(C)(C)C3C2)cc1.Cc1cccc(-c2ccccc2)c1.Cc1cccc(-c2ccccc2)c1.N.N.N.O.O.O.O. The van der Waals surface area contributed by atoms with E-state index < -0.39 is 0 Å². The number of anilines is 3. The second-order valence-corrected chi connectivity index (χ2v) is 31.2. The molecule has 10 heteroatoms. The van der Waals surface area contributed by atoms with Crippen LogP contribution >= 0.6 is 0 Å². The molecule has 4 aliphatic carbocycles. The minimum absolute atomic E-state index is 0. The third-order valence-electron chi connectivity index (χ3n) is 23.3. The van der Waals surface area contributed by atoms with Crippen LogP contribution in [0.4, 0.5) is 17.1 Å². The molecule has 0 radical (unpaired) electrons. The molecule has 0 saturated heterocycles. The Bertz CT molecular complexity index is 4590. The molecule has 5 aliphatic rings. The Balaban J connectivity index is 0.000000273. The summed E-state index contributed by atoms with van der Waals surface area (Å²) in [5, 5.41) is 0. The second-order valence-electron chi connectivity index (χ2n) is 31.2. The monoisotopic (exact) mass is 1520 g/mol. The van der Waals surface area contributed by atoms with Gasteiger partial charge in [0, 0.05) is 53.6 Å². The summed E-state index contributed by atoms with van der Waals surface area (Å²) >= 11 is 0. The summed E-state index contributed by atoms with van der Waals surface area (Å²) < 4.78 is 6.69. The number of fused-ring (bicyclic) bond motifs is 6. The van der Waals surface area contributed by atoms with Crippen LogP contribution in [0.3, 0.4) is 0 Å². The fraction of sp³-hybridized carbons (Fsp3) is 0.301. The molecule has 0 amide bonds. The highest BCUT2D eigenvalue weighted by atomic mass is 16.5. The lowest BCUT2D eigenvalue weighted by Gasteiger charge is -2.48. The van der Waals surface area contributed by atoms with Gasteiger partial charge in [-0.25, -0.2) is 0 Å². The summed E-state index contributed by atoms with van der Waals surface area (Å²) in [6.07, 6.45) is 13.5. The Morgan fingerprint density at radius 3 is 1.19 bits per heavy atom. The molecule has 0 spiro atoms. The first kappa shape index (κ1) is 93.4. The van der Waals surface area contributed by atoms with Crippen LogP contribution in [-0.4, -0.2) is 47.1 Å². The quantitative estimate of drug-likeness (QED) is 0.120. The van der Waals surface area contributed by atoms with Gasteiger partial charge in [0.05, 0.1) is 0 Å². The van der Waals surface area contributed by atoms with Crippen LogP contribution in [0, 0.1) is 53.4 Å². The summed E-state index contributed by atoms with van der Waals surface area (Å²) in [4.78, 5) is 5.11. The molecule has 3 fully saturated rings. The van der Waals surface area contributed by atoms with Crippen LogP contribution in [-0.2, 0) is 5.41 Å². The normalized spacial score (nSPS) is 18.4. The van der Waals surface area contributed by atoms with Crippen LogP contribution in [0.25, 0.3) is 44.5 Å². The fourth-order valence-electron chi connectivity index (χ4n) is 17.3. The first-order valence-corrected chi connectivity index (χ1v) is 39.7. The molecule has 1 heterocycles. The largest absolute Gasteiger partial charge is 0.489 e. The first-order chi connectivity index (χ1) is 51.6. The zero-order valence-corrected chi connectivity index (χ0v) is 69.5. The Morgan fingerprint density at radius 2 is 0.717 bits per heavy atom. The number of hydrogen-bond acceptors (Lipinski definition) is 6. The zero-order valence-electron chi connectivity index (χ0n) is 69.5. The number of aryl methyl sites for hydroxylation is 6. The van der Waals surface area contributed by atoms with Crippen LogP contribution in [0.15, 0.2) is 303 Å². The van der Waals surface area contributed by atoms with Crippen molar-refractivity contribution in [2.24, 2.45) is 11.8 Å². The van der Waals surface area contributed by atoms with Gasteiger partial charge < -0.3 is 54.9 Å². The number of rotatable bonds is 10. The van der Waals surface area contributed by atoms with E-state index in [1.165, 1.54) is 170 Å². The van der Waals surface area contributed by atoms with E-state index in [2.05, 4.69) is 364 Å². The molecular weight excluding hydrogens is 1390 g/mol. The van der Waals surface area contributed by atoms with Crippen molar-refractivity contribution < 1.29 is 26.6 Å². The molecule has 12 aromatic carbocycles. The Morgan fingerprint density at radius 1 is 0.327 bits per heavy atom. The van der Waals surface area contributed by atoms with Crippen LogP contribution in [0.2, 0.25) is 0 Å². The van der Waals surface area contributed by atoms with E-state index >= 15 is 0 Å². The van der Waals surface area contributed by atoms with Gasteiger partial charge in [0.2, 0.25) is 0 Å². The third-order valence-corrected chi connectivity index (χ3v) is 23.3. The van der Waals surface area contributed by atoms with E-state index in [-0.39, 0.29) is 45.8 Å². The molecule has 0 aromatic heterocycles. The molecule has 6 unspecified atom stereocenters. The molecule has 12 aromatic rings. The van der Waals surface area contributed by atoms with Gasteiger partial charge in [0.15, 0.2) is 0 Å². The Kier molecular flexibility index (Phi) is 36.6. The van der Waals surface area contributed by atoms with E-state index in [0.29, 0.717) is 41.9 Å². The lowest BCUT2D eigenvalue weighted by atomic mass is 9.67. The van der Waals surface area contributed by atoms with Gasteiger partial charge in [-0.15, -0.1) is 0 Å². The number of hydrogen-bond donors (Lipinski definition) is 3. The van der Waals surface area contributed by atoms with Crippen molar-refractivity contribution in [2.75, 3.05) is 16.8 Å². The predicted molar refractivity (Wildman–Crippen MR) is 485 cm³/mol. The molecule has 113 heavy (non-hydrogen) atoms. The first-order valence-electron chi connectivity index (χ1n) is 39.7. The van der Waals surface area contributed by atoms with Gasteiger partial charge >= 0.3 is 0 Å². The summed E-state index contributed by atoms with van der Waals surface area (Å²) in [6.45, 7) is 24.4. The van der Waals surface area contributed by atoms with E-state index in [1.54, 1.807) is 11.1 Å². The van der Waals surface area contributed by atoms with Gasteiger partial charge in [-0.05, 0) is 232 Å². The molecule has 3 saturated carbocycles. The molecule has 1 aliphatic heterocycles. The minimum Gasteiger partial charge on any atom is -0.489 e. The van der Waals surface area contributed by atoms with Crippen LogP contribution in [0.5, 0.6) is 5.75 Å². The third kappa shape index (κ3) is 23.2. The predicted octanol–water partition coefficient (Wildman–Crippen LogP) is 25.4. The highest BCUT2D eigenvalue weighted by molar-refractivity contribution is 5.73. The molecule has 0 bridgehead atoms. The van der Waals surface area contributed by atoms with Crippen molar-refractivity contribution in [3.05, 3.63) is 359 Å². The highest BCUT2D eigenvalue weighted by Gasteiger charge is 2.51. The van der Waals surface area contributed by atoms with E-state index in [9.17, 15) is 0 Å². The lowest BCUT2D eigenvalue weighted by molar-refractivity contribution is 0.138. The maximum absolute atomic E-state index is 6.69. The van der Waals surface area contributed by atoms with E-state index in [4.69, 9.17) is 4.74 Å². The average Bonchev–Trinajstić information content (AvgIpc) is 1.57. The zero-order chi connectivity index (χ0) is 74.1. The molecule has 17 rings (SSSR count). The molecule has 6 atom stereocenters. The number of para-hydroxylation sites is 1.